The summed E-state index contributed by atoms with van der Waals surface area (Å²) in [5.41, 5.74) is 2.95. The van der Waals surface area contributed by atoms with Crippen molar-refractivity contribution in [2.75, 3.05) is 26.4 Å². The van der Waals surface area contributed by atoms with Gasteiger partial charge in [0.15, 0.2) is 0 Å². The first-order valence-electron chi connectivity index (χ1n) is 34.2. The standard InChI is InChI=1S/C84H78O20/c85-65(23-25-67(87)29-33-71(91)49-53-101-75-39-15-61(16-40-75)81(95)83(97)63-19-43-77(44-20-63)103-55-57-7-3-1-4-8-57)27-31-69(89)47-51-99-73-35-11-59(12-36-73)79(93)80(94)60-13-37-74(38-14-60)100-52-48-70(90)32-28-66(86)24-26-68(88)30-34-72(92)50-54-102-76-41-17-62(18-42-76)82(96)84(98)64-21-45-78(46-22-64)104-56-58-9-5-2-6-10-58/h1-22,35-46H,23-34,47-56H2. The Morgan fingerprint density at radius 3 is 0.500 bits per heavy atom. The molecular formula is C84H78O20. The van der Waals surface area contributed by atoms with E-state index in [0.717, 1.165) is 11.1 Å². The summed E-state index contributed by atoms with van der Waals surface area (Å²) < 4.78 is 34.1. The third-order valence-electron chi connectivity index (χ3n) is 16.5. The second kappa shape index (κ2) is 41.0. The van der Waals surface area contributed by atoms with Crippen LogP contribution in [0.2, 0.25) is 0 Å². The highest BCUT2D eigenvalue weighted by molar-refractivity contribution is 6.50. The third kappa shape index (κ3) is 26.5. The minimum absolute atomic E-state index is 0.00490. The Balaban J connectivity index is 0.599. The molecule has 0 radical (unpaired) electrons. The van der Waals surface area contributed by atoms with Gasteiger partial charge in [-0.1, -0.05) is 60.7 Å². The maximum Gasteiger partial charge on any atom is 0.233 e. The number of hydrogen-bond acceptors (Lipinski definition) is 20. The molecule has 20 heteroatoms. The van der Waals surface area contributed by atoms with Crippen molar-refractivity contribution in [1.29, 1.82) is 0 Å². The first-order valence-corrected chi connectivity index (χ1v) is 34.2. The predicted octanol–water partition coefficient (Wildman–Crippen LogP) is 13.8. The summed E-state index contributed by atoms with van der Waals surface area (Å²) in [6, 6.07) is 55.4. The number of ether oxygens (including phenoxy) is 6. The predicted molar refractivity (Wildman–Crippen MR) is 382 cm³/mol. The molecule has 104 heavy (non-hydrogen) atoms. The molecule has 0 saturated heterocycles. The van der Waals surface area contributed by atoms with Gasteiger partial charge in [0.2, 0.25) is 34.7 Å². The van der Waals surface area contributed by atoms with Gasteiger partial charge in [0, 0.05) is 136 Å². The Labute approximate surface area is 601 Å². The van der Waals surface area contributed by atoms with Crippen LogP contribution in [0.5, 0.6) is 34.5 Å². The maximum atomic E-state index is 13.1. The van der Waals surface area contributed by atoms with Crippen molar-refractivity contribution in [1.82, 2.24) is 0 Å². The van der Waals surface area contributed by atoms with E-state index in [9.17, 15) is 67.1 Å². The van der Waals surface area contributed by atoms with Crippen LogP contribution < -0.4 is 28.4 Å². The van der Waals surface area contributed by atoms with Gasteiger partial charge in [0.25, 0.3) is 0 Å². The third-order valence-corrected chi connectivity index (χ3v) is 16.5. The van der Waals surface area contributed by atoms with E-state index in [2.05, 4.69) is 0 Å². The van der Waals surface area contributed by atoms with E-state index >= 15 is 0 Å². The molecule has 8 aromatic carbocycles. The molecule has 8 aromatic rings. The van der Waals surface area contributed by atoms with Crippen molar-refractivity contribution in [2.45, 2.75) is 116 Å². The highest BCUT2D eigenvalue weighted by Crippen LogP contribution is 2.23. The van der Waals surface area contributed by atoms with Crippen molar-refractivity contribution >= 4 is 81.0 Å². The molecule has 0 heterocycles. The fraction of sp³-hybridized carbons (Fsp3) is 0.262. The van der Waals surface area contributed by atoms with Gasteiger partial charge in [-0.05, 0) is 157 Å². The Kier molecular flexibility index (Phi) is 30.6. The largest absolute Gasteiger partial charge is 0.493 e. The zero-order valence-corrected chi connectivity index (χ0v) is 57.4. The quantitative estimate of drug-likeness (QED) is 0.0253. The lowest BCUT2D eigenvalue weighted by Gasteiger charge is -2.08. The molecule has 0 spiro atoms. The fourth-order valence-corrected chi connectivity index (χ4v) is 10.3. The lowest BCUT2D eigenvalue weighted by atomic mass is 10.0. The van der Waals surface area contributed by atoms with Crippen molar-refractivity contribution in [3.8, 4) is 34.5 Å². The average Bonchev–Trinajstić information content (AvgIpc) is 0.851. The summed E-state index contributed by atoms with van der Waals surface area (Å²) in [5, 5.41) is 0. The first-order chi connectivity index (χ1) is 50.3. The van der Waals surface area contributed by atoms with E-state index in [1.54, 1.807) is 24.3 Å². The van der Waals surface area contributed by atoms with Crippen molar-refractivity contribution < 1.29 is 95.5 Å². The van der Waals surface area contributed by atoms with Crippen LogP contribution in [-0.2, 0) is 51.6 Å². The van der Waals surface area contributed by atoms with Crippen molar-refractivity contribution in [2.24, 2.45) is 0 Å². The number of hydrogen-bond donors (Lipinski definition) is 0. The monoisotopic (exact) mass is 1410 g/mol. The normalized spacial score (nSPS) is 10.7. The Hall–Kier alpha value is -12.1. The van der Waals surface area contributed by atoms with E-state index in [1.807, 2.05) is 60.7 Å². The minimum atomic E-state index is -0.780. The van der Waals surface area contributed by atoms with Crippen LogP contribution >= 0.6 is 0 Å². The number of rotatable bonds is 49. The molecule has 20 nitrogen and oxygen atoms in total. The number of Topliss-reactive ketones (excluding diaryl/α,β-unsaturated/α-hetero) is 14. The summed E-state index contributed by atoms with van der Waals surface area (Å²) >= 11 is 0. The van der Waals surface area contributed by atoms with E-state index < -0.39 is 34.7 Å². The van der Waals surface area contributed by atoms with Crippen molar-refractivity contribution in [3.05, 3.63) is 251 Å². The van der Waals surface area contributed by atoms with Crippen LogP contribution in [0.1, 0.15) is 176 Å². The van der Waals surface area contributed by atoms with Gasteiger partial charge in [0.1, 0.15) is 94.0 Å². The molecule has 0 aliphatic carbocycles. The van der Waals surface area contributed by atoms with Crippen LogP contribution in [0.4, 0.5) is 0 Å². The van der Waals surface area contributed by atoms with Gasteiger partial charge in [-0.2, -0.15) is 0 Å². The lowest BCUT2D eigenvalue weighted by Crippen LogP contribution is -2.14. The highest BCUT2D eigenvalue weighted by atomic mass is 16.5. The minimum Gasteiger partial charge on any atom is -0.493 e. The van der Waals surface area contributed by atoms with Crippen LogP contribution in [0, 0.1) is 0 Å². The molecular weight excluding hydrogens is 1330 g/mol. The molecule has 0 aromatic heterocycles. The smallest absolute Gasteiger partial charge is 0.233 e. The highest BCUT2D eigenvalue weighted by Gasteiger charge is 2.23. The summed E-state index contributed by atoms with van der Waals surface area (Å²) in [4.78, 5) is 178. The van der Waals surface area contributed by atoms with Gasteiger partial charge in [-0.15, -0.1) is 0 Å². The molecule has 0 amide bonds. The van der Waals surface area contributed by atoms with Crippen LogP contribution in [0.25, 0.3) is 0 Å². The van der Waals surface area contributed by atoms with E-state index in [-0.39, 0.29) is 209 Å². The molecule has 0 unspecified atom stereocenters. The molecule has 0 aliphatic heterocycles. The molecule has 534 valence electrons. The summed E-state index contributed by atoms with van der Waals surface area (Å²) in [7, 11) is 0. The second-order valence-electron chi connectivity index (χ2n) is 24.4. The van der Waals surface area contributed by atoms with E-state index in [1.165, 1.54) is 121 Å². The first kappa shape index (κ1) is 77.7. The maximum absolute atomic E-state index is 13.1. The molecule has 8 rings (SSSR count). The van der Waals surface area contributed by atoms with E-state index in [4.69, 9.17) is 28.4 Å². The molecule has 0 fully saturated rings. The van der Waals surface area contributed by atoms with Crippen molar-refractivity contribution in [3.63, 3.8) is 0 Å². The fourth-order valence-electron chi connectivity index (χ4n) is 10.3. The van der Waals surface area contributed by atoms with Gasteiger partial charge in [0.05, 0.1) is 26.4 Å². The number of ketones is 14. The number of carbonyl (C=O) groups excluding carboxylic acids is 14. The Bertz CT molecular complexity index is 4030. The zero-order chi connectivity index (χ0) is 74.0. The summed E-state index contributed by atoms with van der Waals surface area (Å²) in [6.07, 6.45) is -0.576. The molecule has 0 aliphatic rings. The molecule has 0 atom stereocenters. The topological polar surface area (TPSA) is 294 Å². The van der Waals surface area contributed by atoms with Gasteiger partial charge >= 0.3 is 0 Å². The molecule has 0 saturated carbocycles. The average molecular weight is 1410 g/mol. The number of benzene rings is 8. The molecule has 0 bridgehead atoms. The van der Waals surface area contributed by atoms with Crippen LogP contribution in [-0.4, -0.2) is 107 Å². The zero-order valence-electron chi connectivity index (χ0n) is 57.4. The number of carbonyl (C=O) groups is 14. The Morgan fingerprint density at radius 2 is 0.327 bits per heavy atom. The van der Waals surface area contributed by atoms with Gasteiger partial charge in [-0.3, -0.25) is 67.1 Å². The molecule has 0 N–H and O–H groups in total. The Morgan fingerprint density at radius 1 is 0.173 bits per heavy atom. The van der Waals surface area contributed by atoms with Gasteiger partial charge < -0.3 is 28.4 Å². The summed E-state index contributed by atoms with van der Waals surface area (Å²) in [6.45, 7) is 0.740. The second-order valence-corrected chi connectivity index (χ2v) is 24.4. The summed E-state index contributed by atoms with van der Waals surface area (Å²) in [5.74, 6) is -3.70. The van der Waals surface area contributed by atoms with Gasteiger partial charge in [-0.25, -0.2) is 0 Å². The lowest BCUT2D eigenvalue weighted by molar-refractivity contribution is -0.127. The van der Waals surface area contributed by atoms with E-state index in [0.29, 0.717) is 47.7 Å². The van der Waals surface area contributed by atoms with Crippen LogP contribution in [0.15, 0.2) is 206 Å². The van der Waals surface area contributed by atoms with Crippen LogP contribution in [0.3, 0.4) is 0 Å². The SMILES string of the molecule is O=C(CCOc1ccc(C(=O)C(=O)c2ccc(OCCC(=O)CCC(=O)CCC(=O)CCC(=O)CCOc3ccc(C(=O)C(=O)c4ccc(OCc5ccccc5)cc4)cc3)cc2)cc1)CCC(=O)CCC(=O)CCC(=O)CCOc1ccc(C(=O)C(=O)c2ccc(OCc3ccccc3)cc2)cc1.